The Balaban J connectivity index is 2.01. The summed E-state index contributed by atoms with van der Waals surface area (Å²) in [6, 6.07) is 10.0. The van der Waals surface area contributed by atoms with E-state index in [0.717, 1.165) is 47.8 Å². The van der Waals surface area contributed by atoms with Gasteiger partial charge in [-0.05, 0) is 6.42 Å². The maximum absolute atomic E-state index is 12.2. The number of rotatable bonds is 6. The van der Waals surface area contributed by atoms with Gasteiger partial charge in [0, 0.05) is 44.8 Å². The Morgan fingerprint density at radius 2 is 2.04 bits per heavy atom. The van der Waals surface area contributed by atoms with Gasteiger partial charge < -0.3 is 14.5 Å². The molecule has 1 aliphatic heterocycles. The van der Waals surface area contributed by atoms with E-state index in [4.69, 9.17) is 14.7 Å². The number of carbonyl (C=O) groups is 1. The van der Waals surface area contributed by atoms with E-state index in [1.54, 1.807) is 7.11 Å². The number of nitrogens with zero attached hydrogens (tertiary/aromatic N) is 4. The zero-order chi connectivity index (χ0) is 18.5. The average Bonchev–Trinajstić information content (AvgIpc) is 2.67. The minimum absolute atomic E-state index is 0.00869. The lowest BCUT2D eigenvalue weighted by Gasteiger charge is -2.31. The van der Waals surface area contributed by atoms with Crippen molar-refractivity contribution in [2.75, 3.05) is 38.8 Å². The van der Waals surface area contributed by atoms with Crippen LogP contribution in [0.1, 0.15) is 24.6 Å². The fourth-order valence-electron chi connectivity index (χ4n) is 3.30. The van der Waals surface area contributed by atoms with E-state index in [9.17, 15) is 4.79 Å². The van der Waals surface area contributed by atoms with Crippen LogP contribution in [0, 0.1) is 0 Å². The fourth-order valence-corrected chi connectivity index (χ4v) is 3.30. The van der Waals surface area contributed by atoms with E-state index in [1.807, 2.05) is 35.2 Å². The molecule has 0 fully saturated rings. The van der Waals surface area contributed by atoms with Crippen molar-refractivity contribution in [3.63, 3.8) is 0 Å². The summed E-state index contributed by atoms with van der Waals surface area (Å²) < 4.78 is 5.01. The molecule has 1 aromatic heterocycles. The van der Waals surface area contributed by atoms with Gasteiger partial charge in [-0.2, -0.15) is 0 Å². The second-order valence-electron chi connectivity index (χ2n) is 6.58. The molecule has 138 valence electrons. The predicted molar refractivity (Wildman–Crippen MR) is 102 cm³/mol. The third kappa shape index (κ3) is 3.85. The van der Waals surface area contributed by atoms with Crippen molar-refractivity contribution >= 4 is 11.7 Å². The van der Waals surface area contributed by atoms with Crippen LogP contribution in [0.4, 0.5) is 5.82 Å². The molecule has 26 heavy (non-hydrogen) atoms. The monoisotopic (exact) mass is 354 g/mol. The number of anilines is 1. The number of methoxy groups -OCH3 is 1. The third-order valence-corrected chi connectivity index (χ3v) is 4.61. The number of ether oxygens (including phenoxy) is 1. The number of benzene rings is 1. The summed E-state index contributed by atoms with van der Waals surface area (Å²) in [6.07, 6.45) is 1.77. The number of carbonyl (C=O) groups excluding carboxylic acids is 1. The summed E-state index contributed by atoms with van der Waals surface area (Å²) in [5.74, 6) is 1.68. The molecule has 6 heteroatoms. The minimum Gasteiger partial charge on any atom is -0.375 e. The number of amides is 1. The first kappa shape index (κ1) is 18.3. The largest absolute Gasteiger partial charge is 0.375 e. The molecule has 0 saturated heterocycles. The molecule has 3 rings (SSSR count). The van der Waals surface area contributed by atoms with Gasteiger partial charge in [0.05, 0.1) is 12.2 Å². The Morgan fingerprint density at radius 3 is 2.73 bits per heavy atom. The molecule has 2 aromatic rings. The summed E-state index contributed by atoms with van der Waals surface area (Å²) >= 11 is 0. The number of hydrogen-bond acceptors (Lipinski definition) is 5. The van der Waals surface area contributed by atoms with Crippen LogP contribution in [0.3, 0.4) is 0 Å². The van der Waals surface area contributed by atoms with E-state index >= 15 is 0 Å². The van der Waals surface area contributed by atoms with Gasteiger partial charge >= 0.3 is 0 Å². The highest BCUT2D eigenvalue weighted by atomic mass is 16.5. The number of hydrogen-bond donors (Lipinski definition) is 0. The van der Waals surface area contributed by atoms with Gasteiger partial charge in [0.1, 0.15) is 12.4 Å². The summed E-state index contributed by atoms with van der Waals surface area (Å²) in [5.41, 5.74) is 3.11. The van der Waals surface area contributed by atoms with Gasteiger partial charge in [-0.1, -0.05) is 37.3 Å². The van der Waals surface area contributed by atoms with Gasteiger partial charge in [-0.25, -0.2) is 9.97 Å². The zero-order valence-electron chi connectivity index (χ0n) is 15.7. The molecule has 0 spiro atoms. The van der Waals surface area contributed by atoms with E-state index in [2.05, 4.69) is 18.9 Å². The van der Waals surface area contributed by atoms with Crippen LogP contribution < -0.4 is 4.90 Å². The van der Waals surface area contributed by atoms with E-state index in [-0.39, 0.29) is 12.5 Å². The normalized spacial score (nSPS) is 13.4. The topological polar surface area (TPSA) is 58.6 Å². The predicted octanol–water partition coefficient (Wildman–Crippen LogP) is 2.52. The highest BCUT2D eigenvalue weighted by molar-refractivity contribution is 5.78. The lowest BCUT2D eigenvalue weighted by Crippen LogP contribution is -2.39. The molecule has 0 bridgehead atoms. The Kier molecular flexibility index (Phi) is 5.83. The van der Waals surface area contributed by atoms with E-state index in [1.165, 1.54) is 0 Å². The van der Waals surface area contributed by atoms with E-state index in [0.29, 0.717) is 13.1 Å². The Morgan fingerprint density at radius 1 is 1.27 bits per heavy atom. The van der Waals surface area contributed by atoms with Crippen LogP contribution in [-0.2, 0) is 22.5 Å². The molecule has 1 aromatic carbocycles. The van der Waals surface area contributed by atoms with Crippen molar-refractivity contribution < 1.29 is 9.53 Å². The molecule has 0 aliphatic carbocycles. The maximum Gasteiger partial charge on any atom is 0.248 e. The molecule has 0 atom stereocenters. The van der Waals surface area contributed by atoms with Crippen molar-refractivity contribution in [3.8, 4) is 11.4 Å². The Hall–Kier alpha value is -2.47. The first-order chi connectivity index (χ1) is 12.6. The standard InChI is InChI=1S/C20H26N4O2/c1-4-11-23(2)20-16-13-24(18(25)14-26-3)12-10-17(16)21-19(22-20)15-8-6-5-7-9-15/h5-9H,4,10-14H2,1-3H3. The quantitative estimate of drug-likeness (QED) is 0.798. The van der Waals surface area contributed by atoms with Crippen molar-refractivity contribution in [3.05, 3.63) is 41.6 Å². The van der Waals surface area contributed by atoms with Crippen LogP contribution in [0.2, 0.25) is 0 Å². The van der Waals surface area contributed by atoms with Crippen LogP contribution in [0.25, 0.3) is 11.4 Å². The first-order valence-corrected chi connectivity index (χ1v) is 9.07. The summed E-state index contributed by atoms with van der Waals surface area (Å²) in [4.78, 5) is 25.9. The Bertz CT molecular complexity index is 764. The highest BCUT2D eigenvalue weighted by Crippen LogP contribution is 2.29. The van der Waals surface area contributed by atoms with E-state index < -0.39 is 0 Å². The number of fused-ring (bicyclic) bond motifs is 1. The summed E-state index contributed by atoms with van der Waals surface area (Å²) in [7, 11) is 3.60. The molecule has 1 amide bonds. The van der Waals surface area contributed by atoms with Gasteiger partial charge in [0.2, 0.25) is 5.91 Å². The molecule has 2 heterocycles. The van der Waals surface area contributed by atoms with Gasteiger partial charge in [-0.15, -0.1) is 0 Å². The fraction of sp³-hybridized carbons (Fsp3) is 0.450. The van der Waals surface area contributed by atoms with Crippen molar-refractivity contribution in [2.45, 2.75) is 26.3 Å². The molecule has 0 saturated carbocycles. The molecule has 0 unspecified atom stereocenters. The van der Waals surface area contributed by atoms with Crippen molar-refractivity contribution in [1.82, 2.24) is 14.9 Å². The maximum atomic E-state index is 12.2. The SMILES string of the molecule is CCCN(C)c1nc(-c2ccccc2)nc2c1CN(C(=O)COC)CC2. The lowest BCUT2D eigenvalue weighted by atomic mass is 10.0. The number of aromatic nitrogens is 2. The van der Waals surface area contributed by atoms with Crippen molar-refractivity contribution in [1.29, 1.82) is 0 Å². The molecule has 6 nitrogen and oxygen atoms in total. The minimum atomic E-state index is 0.00869. The van der Waals surface area contributed by atoms with Gasteiger partial charge in [0.25, 0.3) is 0 Å². The molecule has 0 N–H and O–H groups in total. The molecular formula is C20H26N4O2. The second-order valence-corrected chi connectivity index (χ2v) is 6.58. The Labute approximate surface area is 154 Å². The highest BCUT2D eigenvalue weighted by Gasteiger charge is 2.26. The third-order valence-electron chi connectivity index (χ3n) is 4.61. The van der Waals surface area contributed by atoms with Crippen LogP contribution in [-0.4, -0.2) is 54.6 Å². The molecule has 0 radical (unpaired) electrons. The van der Waals surface area contributed by atoms with Crippen LogP contribution in [0.15, 0.2) is 30.3 Å². The van der Waals surface area contributed by atoms with Gasteiger partial charge in [-0.3, -0.25) is 4.79 Å². The zero-order valence-corrected chi connectivity index (χ0v) is 15.7. The van der Waals surface area contributed by atoms with Crippen LogP contribution >= 0.6 is 0 Å². The van der Waals surface area contributed by atoms with Gasteiger partial charge in [0.15, 0.2) is 5.82 Å². The summed E-state index contributed by atoms with van der Waals surface area (Å²) in [5, 5.41) is 0. The summed E-state index contributed by atoms with van der Waals surface area (Å²) in [6.45, 7) is 4.37. The molecular weight excluding hydrogens is 328 g/mol. The second kappa shape index (κ2) is 8.27. The van der Waals surface area contributed by atoms with Crippen molar-refractivity contribution in [2.24, 2.45) is 0 Å². The first-order valence-electron chi connectivity index (χ1n) is 9.07. The molecule has 1 aliphatic rings. The lowest BCUT2D eigenvalue weighted by molar-refractivity contribution is -0.136. The average molecular weight is 354 g/mol. The van der Waals surface area contributed by atoms with Crippen LogP contribution in [0.5, 0.6) is 0 Å². The smallest absolute Gasteiger partial charge is 0.248 e.